The van der Waals surface area contributed by atoms with Gasteiger partial charge in [0.1, 0.15) is 23.3 Å². The van der Waals surface area contributed by atoms with Gasteiger partial charge in [0, 0.05) is 18.2 Å². The first-order valence-electron chi connectivity index (χ1n) is 5.85. The summed E-state index contributed by atoms with van der Waals surface area (Å²) in [5.74, 6) is 0.272. The molecule has 0 bridgehead atoms. The van der Waals surface area contributed by atoms with Gasteiger partial charge in [-0.2, -0.15) is 0 Å². The predicted molar refractivity (Wildman–Crippen MR) is 73.2 cm³/mol. The maximum atomic E-state index is 12.1. The Morgan fingerprint density at radius 1 is 1.37 bits per heavy atom. The van der Waals surface area contributed by atoms with Gasteiger partial charge >= 0.3 is 0 Å². The molecule has 2 heterocycles. The molecular weight excluding hydrogens is 264 g/mol. The summed E-state index contributed by atoms with van der Waals surface area (Å²) in [4.78, 5) is 19.8. The highest BCUT2D eigenvalue weighted by molar-refractivity contribution is 6.29. The molecule has 2 N–H and O–H groups in total. The number of nitrogens with zero attached hydrogens (tertiary/aromatic N) is 2. The highest BCUT2D eigenvalue weighted by Gasteiger charge is 2.26. The molecule has 1 aliphatic heterocycles. The number of carbonyl (C=O) groups is 1. The maximum absolute atomic E-state index is 12.1. The molecule has 0 radical (unpaired) electrons. The van der Waals surface area contributed by atoms with Crippen molar-refractivity contribution >= 4 is 29.0 Å². The molecule has 6 heteroatoms. The van der Waals surface area contributed by atoms with Crippen molar-refractivity contribution in [3.8, 4) is 0 Å². The van der Waals surface area contributed by atoms with E-state index in [1.54, 1.807) is 0 Å². The van der Waals surface area contributed by atoms with Crippen molar-refractivity contribution in [3.05, 3.63) is 47.4 Å². The number of hydrogen-bond donors (Lipinski definition) is 2. The van der Waals surface area contributed by atoms with Crippen molar-refractivity contribution in [2.75, 3.05) is 10.6 Å². The number of rotatable bonds is 2. The molecule has 0 saturated carbocycles. The summed E-state index contributed by atoms with van der Waals surface area (Å²) in [5.41, 5.74) is 2.15. The zero-order chi connectivity index (χ0) is 13.2. The highest BCUT2D eigenvalue weighted by Crippen LogP contribution is 2.25. The summed E-state index contributed by atoms with van der Waals surface area (Å²) in [6.07, 6.45) is 1.98. The SMILES string of the molecule is O=C(Nc1cc(Cl)ncn1)C1Cc2ccccc2N1. The zero-order valence-corrected chi connectivity index (χ0v) is 10.7. The second-order valence-corrected chi connectivity index (χ2v) is 4.66. The first kappa shape index (κ1) is 11.9. The van der Waals surface area contributed by atoms with Crippen LogP contribution in [0.1, 0.15) is 5.56 Å². The van der Waals surface area contributed by atoms with Crippen molar-refractivity contribution in [2.24, 2.45) is 0 Å². The topological polar surface area (TPSA) is 66.9 Å². The molecule has 3 rings (SSSR count). The van der Waals surface area contributed by atoms with Crippen LogP contribution in [0.3, 0.4) is 0 Å². The van der Waals surface area contributed by atoms with Crippen molar-refractivity contribution in [1.29, 1.82) is 0 Å². The molecule has 2 aromatic rings. The third-order valence-corrected chi connectivity index (χ3v) is 3.18. The number of para-hydroxylation sites is 1. The lowest BCUT2D eigenvalue weighted by Crippen LogP contribution is -2.33. The number of hydrogen-bond acceptors (Lipinski definition) is 4. The van der Waals surface area contributed by atoms with Crippen LogP contribution in [0, 0.1) is 0 Å². The second-order valence-electron chi connectivity index (χ2n) is 4.27. The molecular formula is C13H11ClN4O. The van der Waals surface area contributed by atoms with Gasteiger partial charge in [-0.15, -0.1) is 0 Å². The Morgan fingerprint density at radius 3 is 3.00 bits per heavy atom. The van der Waals surface area contributed by atoms with Crippen LogP contribution < -0.4 is 10.6 Å². The number of nitrogens with one attached hydrogen (secondary N) is 2. The summed E-state index contributed by atoms with van der Waals surface area (Å²) >= 11 is 5.74. The lowest BCUT2D eigenvalue weighted by Gasteiger charge is -2.11. The van der Waals surface area contributed by atoms with Crippen molar-refractivity contribution in [3.63, 3.8) is 0 Å². The van der Waals surface area contributed by atoms with E-state index in [1.165, 1.54) is 12.4 Å². The largest absolute Gasteiger partial charge is 0.373 e. The molecule has 1 atom stereocenters. The number of halogens is 1. The van der Waals surface area contributed by atoms with Crippen molar-refractivity contribution in [2.45, 2.75) is 12.5 Å². The summed E-state index contributed by atoms with van der Waals surface area (Å²) < 4.78 is 0. The monoisotopic (exact) mass is 274 g/mol. The summed E-state index contributed by atoms with van der Waals surface area (Å²) in [6, 6.07) is 9.11. The van der Waals surface area contributed by atoms with Crippen LogP contribution in [0.25, 0.3) is 0 Å². The third kappa shape index (κ3) is 2.51. The molecule has 5 nitrogen and oxygen atoms in total. The molecule has 1 unspecified atom stereocenters. The van der Waals surface area contributed by atoms with E-state index in [-0.39, 0.29) is 11.9 Å². The maximum Gasteiger partial charge on any atom is 0.248 e. The van der Waals surface area contributed by atoms with E-state index in [2.05, 4.69) is 20.6 Å². The van der Waals surface area contributed by atoms with E-state index in [0.29, 0.717) is 17.4 Å². The molecule has 1 aliphatic rings. The molecule has 0 fully saturated rings. The van der Waals surface area contributed by atoms with Gasteiger partial charge < -0.3 is 10.6 Å². The second kappa shape index (κ2) is 4.85. The van der Waals surface area contributed by atoms with Crippen molar-refractivity contribution < 1.29 is 4.79 Å². The Kier molecular flexibility index (Phi) is 3.05. The summed E-state index contributed by atoms with van der Waals surface area (Å²) in [6.45, 7) is 0. The van der Waals surface area contributed by atoms with E-state index >= 15 is 0 Å². The summed E-state index contributed by atoms with van der Waals surface area (Å²) in [5, 5.41) is 6.20. The molecule has 1 aromatic heterocycles. The fourth-order valence-corrected chi connectivity index (χ4v) is 2.22. The third-order valence-electron chi connectivity index (χ3n) is 2.97. The van der Waals surface area contributed by atoms with E-state index in [9.17, 15) is 4.79 Å². The van der Waals surface area contributed by atoms with Gasteiger partial charge in [-0.1, -0.05) is 29.8 Å². The highest BCUT2D eigenvalue weighted by atomic mass is 35.5. The van der Waals surface area contributed by atoms with Gasteiger partial charge in [-0.05, 0) is 11.6 Å². The van der Waals surface area contributed by atoms with Crippen LogP contribution in [0.2, 0.25) is 5.15 Å². The molecule has 0 aliphatic carbocycles. The van der Waals surface area contributed by atoms with Gasteiger partial charge in [0.05, 0.1) is 0 Å². The van der Waals surface area contributed by atoms with Crippen LogP contribution >= 0.6 is 11.6 Å². The van der Waals surface area contributed by atoms with E-state index < -0.39 is 0 Å². The van der Waals surface area contributed by atoms with Crippen LogP contribution in [-0.4, -0.2) is 21.9 Å². The standard InChI is InChI=1S/C13H11ClN4O/c14-11-6-12(16-7-15-11)18-13(19)10-5-8-3-1-2-4-9(8)17-10/h1-4,6-7,10,17H,5H2,(H,15,16,18,19). The minimum Gasteiger partial charge on any atom is -0.373 e. The Hall–Kier alpha value is -2.14. The predicted octanol–water partition coefficient (Wildman–Crippen LogP) is 2.11. The zero-order valence-electron chi connectivity index (χ0n) is 9.93. The Labute approximate surface area is 115 Å². The van der Waals surface area contributed by atoms with Gasteiger partial charge in [-0.3, -0.25) is 4.79 Å². The number of anilines is 2. The number of fused-ring (bicyclic) bond motifs is 1. The quantitative estimate of drug-likeness (QED) is 0.823. The number of carbonyl (C=O) groups excluding carboxylic acids is 1. The average Bonchev–Trinajstić information content (AvgIpc) is 2.82. The Balaban J connectivity index is 1.70. The number of aromatic nitrogens is 2. The Bertz CT molecular complexity index is 607. The van der Waals surface area contributed by atoms with Crippen LogP contribution in [0.5, 0.6) is 0 Å². The fraction of sp³-hybridized carbons (Fsp3) is 0.154. The van der Waals surface area contributed by atoms with Gasteiger partial charge in [-0.25, -0.2) is 9.97 Å². The smallest absolute Gasteiger partial charge is 0.248 e. The first-order valence-corrected chi connectivity index (χ1v) is 6.23. The number of benzene rings is 1. The summed E-state index contributed by atoms with van der Waals surface area (Å²) in [7, 11) is 0. The van der Waals surface area contributed by atoms with Gasteiger partial charge in [0.15, 0.2) is 0 Å². The van der Waals surface area contributed by atoms with Crippen LogP contribution in [0.4, 0.5) is 11.5 Å². The molecule has 1 amide bonds. The lowest BCUT2D eigenvalue weighted by molar-refractivity contribution is -0.116. The number of amides is 1. The lowest BCUT2D eigenvalue weighted by atomic mass is 10.1. The van der Waals surface area contributed by atoms with E-state index in [0.717, 1.165) is 11.3 Å². The minimum absolute atomic E-state index is 0.133. The fourth-order valence-electron chi connectivity index (χ4n) is 2.07. The van der Waals surface area contributed by atoms with Gasteiger partial charge in [0.2, 0.25) is 5.91 Å². The molecule has 19 heavy (non-hydrogen) atoms. The first-order chi connectivity index (χ1) is 9.22. The molecule has 96 valence electrons. The molecule has 1 aromatic carbocycles. The van der Waals surface area contributed by atoms with Crippen LogP contribution in [0.15, 0.2) is 36.7 Å². The minimum atomic E-state index is -0.286. The van der Waals surface area contributed by atoms with E-state index in [4.69, 9.17) is 11.6 Å². The Morgan fingerprint density at radius 2 is 2.21 bits per heavy atom. The van der Waals surface area contributed by atoms with E-state index in [1.807, 2.05) is 24.3 Å². The van der Waals surface area contributed by atoms with Gasteiger partial charge in [0.25, 0.3) is 0 Å². The van der Waals surface area contributed by atoms with Crippen molar-refractivity contribution in [1.82, 2.24) is 9.97 Å². The normalized spacial score (nSPS) is 16.6. The molecule has 0 saturated heterocycles. The average molecular weight is 275 g/mol. The molecule has 0 spiro atoms. The van der Waals surface area contributed by atoms with Crippen LogP contribution in [-0.2, 0) is 11.2 Å².